The molecule has 0 unspecified atom stereocenters. The summed E-state index contributed by atoms with van der Waals surface area (Å²) >= 11 is 5.52. The second-order valence-electron chi connectivity index (χ2n) is 6.31. The first-order chi connectivity index (χ1) is 13.9. The van der Waals surface area contributed by atoms with E-state index in [0.717, 1.165) is 12.1 Å². The zero-order valence-electron chi connectivity index (χ0n) is 16.2. The van der Waals surface area contributed by atoms with Gasteiger partial charge in [-0.1, -0.05) is 6.07 Å². The predicted octanol–water partition coefficient (Wildman–Crippen LogP) is 4.25. The summed E-state index contributed by atoms with van der Waals surface area (Å²) in [5, 5.41) is 3.37. The van der Waals surface area contributed by atoms with Crippen molar-refractivity contribution in [3.63, 3.8) is 0 Å². The number of esters is 1. The highest BCUT2D eigenvalue weighted by Crippen LogP contribution is 2.35. The van der Waals surface area contributed by atoms with Crippen molar-refractivity contribution < 1.29 is 23.0 Å². The lowest BCUT2D eigenvalue weighted by molar-refractivity contribution is -0.139. The molecule has 0 spiro atoms. The van der Waals surface area contributed by atoms with Crippen molar-refractivity contribution in [3.8, 4) is 5.75 Å². The Balaban J connectivity index is 2.11. The Labute approximate surface area is 172 Å². The molecule has 0 aliphatic carbocycles. The normalized spacial score (nSPS) is 16.5. The third-order valence-electron chi connectivity index (χ3n) is 4.59. The van der Waals surface area contributed by atoms with Crippen molar-refractivity contribution in [2.24, 2.45) is 0 Å². The molecule has 0 bridgehead atoms. The fourth-order valence-electron chi connectivity index (χ4n) is 3.20. The first-order valence-electron chi connectivity index (χ1n) is 8.94. The molecular weight excluding hydrogens is 398 g/mol. The van der Waals surface area contributed by atoms with E-state index in [1.165, 1.54) is 6.07 Å². The minimum absolute atomic E-state index is 0.174. The number of hydrogen-bond acceptors (Lipinski definition) is 4. The Bertz CT molecular complexity index is 976. The summed E-state index contributed by atoms with van der Waals surface area (Å²) < 4.78 is 37.6. The first kappa shape index (κ1) is 20.7. The summed E-state index contributed by atoms with van der Waals surface area (Å²) in [7, 11) is 1.57. The number of rotatable bonds is 5. The van der Waals surface area contributed by atoms with Gasteiger partial charge in [-0.15, -0.1) is 0 Å². The zero-order chi connectivity index (χ0) is 21.1. The molecule has 0 amide bonds. The van der Waals surface area contributed by atoms with Gasteiger partial charge in [-0.05, 0) is 68.0 Å². The number of halogens is 2. The fraction of sp³-hybridized carbons (Fsp3) is 0.238. The van der Waals surface area contributed by atoms with Crippen molar-refractivity contribution in [1.29, 1.82) is 0 Å². The van der Waals surface area contributed by atoms with Crippen LogP contribution in [0.3, 0.4) is 0 Å². The number of hydrogen-bond donors (Lipinski definition) is 1. The standard InChI is InChI=1S/C21H20F2N2O3S/c1-4-28-20(26)18-12(2)25(14-6-8-15(27-3)9-7-14)21(29)24-19(18)13-5-10-16(22)17(23)11-13/h5-11,19H,4H2,1-3H3,(H,24,29)/t19-/m1/s1. The highest BCUT2D eigenvalue weighted by atomic mass is 32.1. The first-order valence-corrected chi connectivity index (χ1v) is 9.35. The third kappa shape index (κ3) is 4.07. The van der Waals surface area contributed by atoms with Gasteiger partial charge in [0.15, 0.2) is 16.7 Å². The average molecular weight is 418 g/mol. The molecule has 152 valence electrons. The molecule has 3 rings (SSSR count). The SMILES string of the molecule is CCOC(=O)C1=C(C)N(c2ccc(OC)cc2)C(=S)N[C@@H]1c1ccc(F)c(F)c1. The van der Waals surface area contributed by atoms with Crippen LogP contribution in [0, 0.1) is 11.6 Å². The summed E-state index contributed by atoms with van der Waals surface area (Å²) in [4.78, 5) is 14.4. The van der Waals surface area contributed by atoms with Gasteiger partial charge in [0, 0.05) is 11.4 Å². The number of thiocarbonyl (C=S) groups is 1. The molecule has 1 N–H and O–H groups in total. The smallest absolute Gasteiger partial charge is 0.338 e. The molecule has 2 aromatic rings. The van der Waals surface area contributed by atoms with Crippen LogP contribution in [0.1, 0.15) is 25.5 Å². The van der Waals surface area contributed by atoms with Crippen LogP contribution in [0.25, 0.3) is 0 Å². The number of methoxy groups -OCH3 is 1. The van der Waals surface area contributed by atoms with E-state index < -0.39 is 23.6 Å². The van der Waals surface area contributed by atoms with Gasteiger partial charge in [-0.3, -0.25) is 4.90 Å². The maximum absolute atomic E-state index is 13.8. The van der Waals surface area contributed by atoms with E-state index in [0.29, 0.717) is 27.8 Å². The predicted molar refractivity (Wildman–Crippen MR) is 110 cm³/mol. The average Bonchev–Trinajstić information content (AvgIpc) is 2.70. The largest absolute Gasteiger partial charge is 0.497 e. The topological polar surface area (TPSA) is 50.8 Å². The summed E-state index contributed by atoms with van der Waals surface area (Å²) in [5.41, 5.74) is 1.88. The van der Waals surface area contributed by atoms with E-state index in [2.05, 4.69) is 5.32 Å². The van der Waals surface area contributed by atoms with E-state index >= 15 is 0 Å². The van der Waals surface area contributed by atoms with Crippen LogP contribution in [0.4, 0.5) is 14.5 Å². The molecule has 1 heterocycles. The van der Waals surface area contributed by atoms with E-state index in [-0.39, 0.29) is 12.2 Å². The number of benzene rings is 2. The van der Waals surface area contributed by atoms with Gasteiger partial charge in [-0.2, -0.15) is 0 Å². The van der Waals surface area contributed by atoms with Gasteiger partial charge in [-0.25, -0.2) is 13.6 Å². The minimum Gasteiger partial charge on any atom is -0.497 e. The van der Waals surface area contributed by atoms with E-state index in [9.17, 15) is 13.6 Å². The van der Waals surface area contributed by atoms with E-state index in [4.69, 9.17) is 21.7 Å². The van der Waals surface area contributed by atoms with Gasteiger partial charge >= 0.3 is 5.97 Å². The minimum atomic E-state index is -1.01. The summed E-state index contributed by atoms with van der Waals surface area (Å²) in [6.07, 6.45) is 0. The molecule has 1 atom stereocenters. The van der Waals surface area contributed by atoms with Crippen molar-refractivity contribution in [3.05, 3.63) is 70.9 Å². The number of carbonyl (C=O) groups excluding carboxylic acids is 1. The van der Waals surface area contributed by atoms with E-state index in [1.807, 2.05) is 0 Å². The van der Waals surface area contributed by atoms with Gasteiger partial charge in [0.1, 0.15) is 5.75 Å². The molecule has 0 saturated heterocycles. The van der Waals surface area contributed by atoms with Crippen LogP contribution in [0.5, 0.6) is 5.75 Å². The molecule has 0 radical (unpaired) electrons. The third-order valence-corrected chi connectivity index (χ3v) is 4.89. The van der Waals surface area contributed by atoms with Gasteiger partial charge in [0.25, 0.3) is 0 Å². The molecule has 0 aromatic heterocycles. The van der Waals surface area contributed by atoms with Crippen molar-refractivity contribution in [2.75, 3.05) is 18.6 Å². The quantitative estimate of drug-likeness (QED) is 0.579. The molecule has 2 aromatic carbocycles. The Morgan fingerprint density at radius 1 is 1.17 bits per heavy atom. The second kappa shape index (κ2) is 8.57. The lowest BCUT2D eigenvalue weighted by Crippen LogP contribution is -2.48. The maximum atomic E-state index is 13.8. The Morgan fingerprint density at radius 2 is 1.86 bits per heavy atom. The highest BCUT2D eigenvalue weighted by molar-refractivity contribution is 7.80. The molecule has 5 nitrogen and oxygen atoms in total. The number of ether oxygens (including phenoxy) is 2. The lowest BCUT2D eigenvalue weighted by atomic mass is 9.94. The van der Waals surface area contributed by atoms with Crippen LogP contribution < -0.4 is 15.0 Å². The molecule has 0 fully saturated rings. The Kier molecular flexibility index (Phi) is 6.12. The van der Waals surface area contributed by atoms with Gasteiger partial charge < -0.3 is 14.8 Å². The van der Waals surface area contributed by atoms with Crippen LogP contribution in [-0.4, -0.2) is 24.8 Å². The second-order valence-corrected chi connectivity index (χ2v) is 6.70. The molecular formula is C21H20F2N2O3S. The van der Waals surface area contributed by atoms with Crippen molar-refractivity contribution in [2.45, 2.75) is 19.9 Å². The van der Waals surface area contributed by atoms with Crippen molar-refractivity contribution >= 4 is 29.0 Å². The molecule has 0 saturated carbocycles. The highest BCUT2D eigenvalue weighted by Gasteiger charge is 2.35. The molecule has 8 heteroatoms. The molecule has 1 aliphatic rings. The van der Waals surface area contributed by atoms with Crippen LogP contribution in [-0.2, 0) is 9.53 Å². The van der Waals surface area contributed by atoms with Crippen molar-refractivity contribution in [1.82, 2.24) is 5.32 Å². The number of carbonyl (C=O) groups is 1. The van der Waals surface area contributed by atoms with E-state index in [1.54, 1.807) is 50.1 Å². The number of nitrogens with zero attached hydrogens (tertiary/aromatic N) is 1. The molecule has 1 aliphatic heterocycles. The monoisotopic (exact) mass is 418 g/mol. The summed E-state index contributed by atoms with van der Waals surface area (Å²) in [6, 6.07) is 9.86. The fourth-order valence-corrected chi connectivity index (χ4v) is 3.56. The molecule has 29 heavy (non-hydrogen) atoms. The Morgan fingerprint density at radius 3 is 2.45 bits per heavy atom. The zero-order valence-corrected chi connectivity index (χ0v) is 17.0. The maximum Gasteiger partial charge on any atom is 0.338 e. The summed E-state index contributed by atoms with van der Waals surface area (Å²) in [6.45, 7) is 3.60. The van der Waals surface area contributed by atoms with Crippen LogP contribution in [0.15, 0.2) is 53.7 Å². The number of anilines is 1. The summed E-state index contributed by atoms with van der Waals surface area (Å²) in [5.74, 6) is -1.86. The number of allylic oxidation sites excluding steroid dienone is 1. The van der Waals surface area contributed by atoms with Gasteiger partial charge in [0.2, 0.25) is 0 Å². The van der Waals surface area contributed by atoms with Crippen LogP contribution >= 0.6 is 12.2 Å². The number of nitrogens with one attached hydrogen (secondary N) is 1. The van der Waals surface area contributed by atoms with Gasteiger partial charge in [0.05, 0.1) is 25.3 Å². The lowest BCUT2D eigenvalue weighted by Gasteiger charge is -2.37. The Hall–Kier alpha value is -3.00. The van der Waals surface area contributed by atoms with Crippen LogP contribution in [0.2, 0.25) is 0 Å².